The van der Waals surface area contributed by atoms with Gasteiger partial charge in [-0.2, -0.15) is 5.10 Å². The van der Waals surface area contributed by atoms with Crippen LogP contribution in [0.3, 0.4) is 0 Å². The normalized spacial score (nSPS) is 20.4. The van der Waals surface area contributed by atoms with Gasteiger partial charge >= 0.3 is 6.09 Å². The van der Waals surface area contributed by atoms with Gasteiger partial charge < -0.3 is 9.64 Å². The molecule has 3 rings (SSSR count). The lowest BCUT2D eigenvalue weighted by Gasteiger charge is -2.38. The maximum absolute atomic E-state index is 12.7. The molecule has 0 unspecified atom stereocenters. The van der Waals surface area contributed by atoms with Crippen molar-refractivity contribution in [2.24, 2.45) is 12.5 Å². The average Bonchev–Trinajstić information content (AvgIpc) is 2.89. The maximum atomic E-state index is 12.7. The number of Topliss-reactive ketones (excluding diaryl/α,β-unsaturated/α-hetero) is 1. The lowest BCUT2D eigenvalue weighted by Crippen LogP contribution is -2.47. The number of amides is 1. The van der Waals surface area contributed by atoms with E-state index in [0.717, 1.165) is 17.7 Å². The van der Waals surface area contributed by atoms with Gasteiger partial charge in [-0.1, -0.05) is 0 Å². The first kappa shape index (κ1) is 15.1. The molecule has 6 nitrogen and oxygen atoms in total. The zero-order valence-corrected chi connectivity index (χ0v) is 13.7. The van der Waals surface area contributed by atoms with Crippen molar-refractivity contribution in [2.75, 3.05) is 13.1 Å². The molecule has 120 valence electrons. The molecular weight excluding hydrogens is 282 g/mol. The Morgan fingerprint density at radius 2 is 1.95 bits per heavy atom. The third-order valence-corrected chi connectivity index (χ3v) is 4.67. The summed E-state index contributed by atoms with van der Waals surface area (Å²) in [5, 5.41) is 4.16. The number of ether oxygens (including phenoxy) is 1. The minimum Gasteiger partial charge on any atom is -0.444 e. The maximum Gasteiger partial charge on any atom is 0.410 e. The highest BCUT2D eigenvalue weighted by Crippen LogP contribution is 2.44. The van der Waals surface area contributed by atoms with E-state index in [4.69, 9.17) is 4.74 Å². The third-order valence-electron chi connectivity index (χ3n) is 4.67. The molecule has 1 saturated heterocycles. The molecule has 0 bridgehead atoms. The van der Waals surface area contributed by atoms with Crippen LogP contribution in [0, 0.1) is 5.41 Å². The number of hydrogen-bond donors (Lipinski definition) is 0. The number of aryl methyl sites for hydroxylation is 1. The predicted octanol–water partition coefficient (Wildman–Crippen LogP) is 2.18. The number of ketones is 1. The summed E-state index contributed by atoms with van der Waals surface area (Å²) in [5.74, 6) is 0.194. The van der Waals surface area contributed by atoms with Crippen LogP contribution in [0.5, 0.6) is 0 Å². The molecule has 1 amide bonds. The standard InChI is InChI=1S/C16H23N3O3/c1-15(2,3)22-14(21)19-7-5-16(6-8-19)9-12-11(13(16)20)10-17-18(12)4/h10H,5-9H2,1-4H3. The van der Waals surface area contributed by atoms with Crippen molar-refractivity contribution >= 4 is 11.9 Å². The summed E-state index contributed by atoms with van der Waals surface area (Å²) in [6, 6.07) is 0. The molecule has 2 aliphatic rings. The van der Waals surface area contributed by atoms with Gasteiger partial charge in [0.2, 0.25) is 0 Å². The number of carbonyl (C=O) groups is 2. The highest BCUT2D eigenvalue weighted by molar-refractivity contribution is 6.04. The Labute approximate surface area is 130 Å². The first-order valence-corrected chi connectivity index (χ1v) is 7.75. The number of carbonyl (C=O) groups excluding carboxylic acids is 2. The molecule has 0 radical (unpaired) electrons. The second kappa shape index (κ2) is 4.83. The fourth-order valence-corrected chi connectivity index (χ4v) is 3.40. The first-order chi connectivity index (χ1) is 10.2. The topological polar surface area (TPSA) is 64.4 Å². The van der Waals surface area contributed by atoms with E-state index in [-0.39, 0.29) is 17.3 Å². The van der Waals surface area contributed by atoms with Crippen molar-refractivity contribution < 1.29 is 14.3 Å². The van der Waals surface area contributed by atoms with Crippen molar-refractivity contribution in [1.29, 1.82) is 0 Å². The summed E-state index contributed by atoms with van der Waals surface area (Å²) >= 11 is 0. The van der Waals surface area contributed by atoms with E-state index >= 15 is 0 Å². The van der Waals surface area contributed by atoms with Crippen LogP contribution in [0.1, 0.15) is 49.7 Å². The zero-order chi connectivity index (χ0) is 16.1. The smallest absolute Gasteiger partial charge is 0.410 e. The van der Waals surface area contributed by atoms with E-state index in [1.165, 1.54) is 0 Å². The highest BCUT2D eigenvalue weighted by Gasteiger charge is 2.49. The third kappa shape index (κ3) is 2.40. The predicted molar refractivity (Wildman–Crippen MR) is 80.7 cm³/mol. The van der Waals surface area contributed by atoms with Crippen molar-refractivity contribution in [2.45, 2.75) is 45.6 Å². The van der Waals surface area contributed by atoms with Crippen LogP contribution in [0.4, 0.5) is 4.79 Å². The van der Waals surface area contributed by atoms with Gasteiger partial charge in [-0.15, -0.1) is 0 Å². The fraction of sp³-hybridized carbons (Fsp3) is 0.688. The van der Waals surface area contributed by atoms with Gasteiger partial charge in [0.05, 0.1) is 11.8 Å². The van der Waals surface area contributed by atoms with Crippen molar-refractivity contribution in [3.8, 4) is 0 Å². The second-order valence-electron chi connectivity index (χ2n) is 7.38. The second-order valence-corrected chi connectivity index (χ2v) is 7.38. The van der Waals surface area contributed by atoms with Crippen LogP contribution in [0.15, 0.2) is 6.20 Å². The van der Waals surface area contributed by atoms with Crippen LogP contribution in [0.25, 0.3) is 0 Å². The van der Waals surface area contributed by atoms with Gasteiger partial charge in [-0.25, -0.2) is 4.79 Å². The van der Waals surface area contributed by atoms with Crippen LogP contribution in [0.2, 0.25) is 0 Å². The summed E-state index contributed by atoms with van der Waals surface area (Å²) in [6.07, 6.45) is 3.51. The van der Waals surface area contributed by atoms with Crippen LogP contribution in [-0.2, 0) is 18.2 Å². The van der Waals surface area contributed by atoms with E-state index in [1.54, 1.807) is 15.8 Å². The van der Waals surface area contributed by atoms with Crippen LogP contribution >= 0.6 is 0 Å². The summed E-state index contributed by atoms with van der Waals surface area (Å²) in [4.78, 5) is 26.5. The van der Waals surface area contributed by atoms with Gasteiger partial charge in [0, 0.05) is 37.7 Å². The van der Waals surface area contributed by atoms with E-state index in [9.17, 15) is 9.59 Å². The van der Waals surface area contributed by atoms with Crippen LogP contribution < -0.4 is 0 Å². The monoisotopic (exact) mass is 305 g/mol. The Morgan fingerprint density at radius 1 is 1.32 bits per heavy atom. The molecule has 1 spiro atoms. The average molecular weight is 305 g/mol. The molecule has 1 aromatic heterocycles. The molecule has 6 heteroatoms. The molecule has 22 heavy (non-hydrogen) atoms. The van der Waals surface area contributed by atoms with Gasteiger partial charge in [-0.05, 0) is 33.6 Å². The minimum atomic E-state index is -0.489. The summed E-state index contributed by atoms with van der Waals surface area (Å²) in [6.45, 7) is 6.73. The van der Waals surface area contributed by atoms with Crippen molar-refractivity contribution in [3.05, 3.63) is 17.5 Å². The quantitative estimate of drug-likeness (QED) is 0.737. The summed E-state index contributed by atoms with van der Waals surface area (Å²) in [5.41, 5.74) is 0.949. The molecule has 1 aliphatic carbocycles. The largest absolute Gasteiger partial charge is 0.444 e. The first-order valence-electron chi connectivity index (χ1n) is 7.75. The lowest BCUT2D eigenvalue weighted by atomic mass is 9.75. The minimum absolute atomic E-state index is 0.194. The van der Waals surface area contributed by atoms with E-state index in [0.29, 0.717) is 25.9 Å². The van der Waals surface area contributed by atoms with Gasteiger partial charge in [-0.3, -0.25) is 9.48 Å². The molecule has 1 aliphatic heterocycles. The van der Waals surface area contributed by atoms with E-state index in [2.05, 4.69) is 5.10 Å². The van der Waals surface area contributed by atoms with E-state index in [1.807, 2.05) is 27.8 Å². The number of likely N-dealkylation sites (tertiary alicyclic amines) is 1. The summed E-state index contributed by atoms with van der Waals surface area (Å²) in [7, 11) is 1.88. The lowest BCUT2D eigenvalue weighted by molar-refractivity contribution is 0.0112. The SMILES string of the molecule is Cn1ncc2c1CC1(CCN(C(=O)OC(C)(C)C)CC1)C2=O. The molecule has 0 aromatic carbocycles. The Morgan fingerprint density at radius 3 is 2.50 bits per heavy atom. The van der Waals surface area contributed by atoms with Gasteiger partial charge in [0.1, 0.15) is 5.60 Å². The molecule has 1 aromatic rings. The fourth-order valence-electron chi connectivity index (χ4n) is 3.40. The van der Waals surface area contributed by atoms with Crippen molar-refractivity contribution in [1.82, 2.24) is 14.7 Å². The molecule has 2 heterocycles. The van der Waals surface area contributed by atoms with Gasteiger partial charge in [0.25, 0.3) is 0 Å². The molecular formula is C16H23N3O3. The molecule has 0 atom stereocenters. The Kier molecular flexibility index (Phi) is 3.30. The number of rotatable bonds is 0. The van der Waals surface area contributed by atoms with Crippen LogP contribution in [-0.4, -0.2) is 45.2 Å². The number of piperidine rings is 1. The zero-order valence-electron chi connectivity index (χ0n) is 13.7. The Hall–Kier alpha value is -1.85. The van der Waals surface area contributed by atoms with E-state index < -0.39 is 5.60 Å². The molecule has 0 N–H and O–H groups in total. The highest BCUT2D eigenvalue weighted by atomic mass is 16.6. The number of aromatic nitrogens is 2. The molecule has 0 saturated carbocycles. The Balaban J connectivity index is 1.68. The number of fused-ring (bicyclic) bond motifs is 1. The number of hydrogen-bond acceptors (Lipinski definition) is 4. The van der Waals surface area contributed by atoms with Crippen molar-refractivity contribution in [3.63, 3.8) is 0 Å². The number of nitrogens with zero attached hydrogens (tertiary/aromatic N) is 3. The Bertz CT molecular complexity index is 619. The molecule has 1 fully saturated rings. The summed E-state index contributed by atoms with van der Waals surface area (Å²) < 4.78 is 7.20. The van der Waals surface area contributed by atoms with Gasteiger partial charge in [0.15, 0.2) is 5.78 Å².